The number of nitrogens with one attached hydrogen (secondary N) is 1. The molecule has 9 heteroatoms. The van der Waals surface area contributed by atoms with Crippen molar-refractivity contribution < 1.29 is 14.9 Å². The number of aromatic nitrogens is 2. The Labute approximate surface area is 116 Å². The summed E-state index contributed by atoms with van der Waals surface area (Å²) in [5, 5.41) is 19.0. The van der Waals surface area contributed by atoms with Gasteiger partial charge in [-0.1, -0.05) is 23.2 Å². The summed E-state index contributed by atoms with van der Waals surface area (Å²) < 4.78 is 6.07. The van der Waals surface area contributed by atoms with E-state index in [2.05, 4.69) is 0 Å². The van der Waals surface area contributed by atoms with Gasteiger partial charge in [-0.25, -0.2) is 4.79 Å². The molecule has 104 valence electrons. The molecule has 0 aliphatic carbocycles. The molecule has 1 aromatic heterocycles. The minimum Gasteiger partial charge on any atom is -0.394 e. The Morgan fingerprint density at radius 1 is 1.47 bits per heavy atom. The summed E-state index contributed by atoms with van der Waals surface area (Å²) in [6, 6.07) is 1.11. The van der Waals surface area contributed by atoms with Crippen LogP contribution in [-0.4, -0.2) is 38.6 Å². The van der Waals surface area contributed by atoms with E-state index in [1.807, 2.05) is 4.98 Å². The molecule has 1 unspecified atom stereocenters. The van der Waals surface area contributed by atoms with Gasteiger partial charge in [-0.15, -0.1) is 0 Å². The van der Waals surface area contributed by atoms with Crippen molar-refractivity contribution >= 4 is 23.2 Å². The fraction of sp³-hybridized carbons (Fsp3) is 0.400. The molecule has 1 saturated heterocycles. The number of nitrogens with zero attached hydrogens (tertiary/aromatic N) is 1. The molecule has 0 spiro atoms. The third kappa shape index (κ3) is 2.60. The Morgan fingerprint density at radius 2 is 2.16 bits per heavy atom. The number of rotatable bonds is 2. The molecular formula is C10H10Cl2N2O5. The lowest BCUT2D eigenvalue weighted by Crippen LogP contribution is -2.32. The van der Waals surface area contributed by atoms with E-state index in [-0.39, 0.29) is 10.1 Å². The Kier molecular flexibility index (Phi) is 4.12. The van der Waals surface area contributed by atoms with Gasteiger partial charge in [0, 0.05) is 17.8 Å². The van der Waals surface area contributed by atoms with Crippen molar-refractivity contribution in [3.05, 3.63) is 43.2 Å². The van der Waals surface area contributed by atoms with Gasteiger partial charge in [0.15, 0.2) is 6.23 Å². The molecule has 1 aliphatic rings. The number of halogens is 2. The van der Waals surface area contributed by atoms with Gasteiger partial charge in [-0.2, -0.15) is 0 Å². The molecule has 2 rings (SSSR count). The zero-order chi connectivity index (χ0) is 14.2. The zero-order valence-corrected chi connectivity index (χ0v) is 10.9. The number of aromatic amines is 1. The number of aliphatic hydroxyl groups is 2. The van der Waals surface area contributed by atoms with Gasteiger partial charge in [-0.05, 0) is 0 Å². The lowest BCUT2D eigenvalue weighted by Gasteiger charge is -2.15. The van der Waals surface area contributed by atoms with Crippen molar-refractivity contribution in [3.8, 4) is 0 Å². The summed E-state index contributed by atoms with van der Waals surface area (Å²) in [4.78, 5) is 24.7. The first-order chi connectivity index (χ1) is 8.95. The maximum Gasteiger partial charge on any atom is 0.330 e. The smallest absolute Gasteiger partial charge is 0.330 e. The van der Waals surface area contributed by atoms with Crippen molar-refractivity contribution in [2.75, 3.05) is 6.61 Å². The van der Waals surface area contributed by atoms with Crippen LogP contribution in [0.1, 0.15) is 6.23 Å². The van der Waals surface area contributed by atoms with Gasteiger partial charge in [0.1, 0.15) is 16.7 Å². The molecule has 1 aromatic rings. The zero-order valence-electron chi connectivity index (χ0n) is 9.42. The van der Waals surface area contributed by atoms with Crippen LogP contribution < -0.4 is 11.2 Å². The van der Waals surface area contributed by atoms with Crippen LogP contribution in [0.2, 0.25) is 0 Å². The number of aliphatic hydroxyl groups excluding tert-OH is 2. The van der Waals surface area contributed by atoms with E-state index >= 15 is 0 Å². The molecule has 7 nitrogen and oxygen atoms in total. The third-order valence-corrected chi connectivity index (χ3v) is 3.18. The molecule has 19 heavy (non-hydrogen) atoms. The van der Waals surface area contributed by atoms with E-state index in [0.717, 1.165) is 10.6 Å². The molecule has 1 fully saturated rings. The second-order valence-corrected chi connectivity index (χ2v) is 4.84. The quantitative estimate of drug-likeness (QED) is 0.682. The summed E-state index contributed by atoms with van der Waals surface area (Å²) in [6.45, 7) is -0.472. The monoisotopic (exact) mass is 308 g/mol. The molecule has 0 aromatic carbocycles. The molecule has 1 aliphatic heterocycles. The highest BCUT2D eigenvalue weighted by Gasteiger charge is 2.41. The highest BCUT2D eigenvalue weighted by atomic mass is 35.5. The van der Waals surface area contributed by atoms with E-state index in [1.165, 1.54) is 6.20 Å². The first-order valence-corrected chi connectivity index (χ1v) is 6.02. The molecule has 0 saturated carbocycles. The lowest BCUT2D eigenvalue weighted by molar-refractivity contribution is -0.0447. The van der Waals surface area contributed by atoms with Gasteiger partial charge in [-0.3, -0.25) is 14.3 Å². The highest BCUT2D eigenvalue weighted by molar-refractivity contribution is 6.56. The minimum atomic E-state index is -1.24. The summed E-state index contributed by atoms with van der Waals surface area (Å²) in [7, 11) is 0. The van der Waals surface area contributed by atoms with Gasteiger partial charge < -0.3 is 14.9 Å². The Morgan fingerprint density at radius 3 is 2.68 bits per heavy atom. The highest BCUT2D eigenvalue weighted by Crippen LogP contribution is 2.37. The average molecular weight is 309 g/mol. The van der Waals surface area contributed by atoms with E-state index in [0.29, 0.717) is 0 Å². The molecule has 3 N–H and O–H groups in total. The summed E-state index contributed by atoms with van der Waals surface area (Å²) >= 11 is 11.3. The Balaban J connectivity index is 2.52. The van der Waals surface area contributed by atoms with Crippen molar-refractivity contribution in [2.45, 2.75) is 18.4 Å². The summed E-state index contributed by atoms with van der Waals surface area (Å²) in [5.74, 6) is 0. The molecule has 0 bridgehead atoms. The Hall–Kier alpha value is -1.12. The largest absolute Gasteiger partial charge is 0.394 e. The van der Waals surface area contributed by atoms with Crippen molar-refractivity contribution in [1.29, 1.82) is 0 Å². The molecule has 3 atom stereocenters. The van der Waals surface area contributed by atoms with E-state index in [4.69, 9.17) is 33.0 Å². The molecule has 0 radical (unpaired) electrons. The van der Waals surface area contributed by atoms with Crippen LogP contribution in [0.15, 0.2) is 31.9 Å². The fourth-order valence-corrected chi connectivity index (χ4v) is 2.25. The van der Waals surface area contributed by atoms with Crippen LogP contribution >= 0.6 is 23.2 Å². The van der Waals surface area contributed by atoms with Gasteiger partial charge in [0.05, 0.1) is 6.61 Å². The van der Waals surface area contributed by atoms with Crippen LogP contribution in [0.4, 0.5) is 0 Å². The molecule has 0 amide bonds. The van der Waals surface area contributed by atoms with Crippen molar-refractivity contribution in [1.82, 2.24) is 9.55 Å². The molecule has 2 heterocycles. The maximum absolute atomic E-state index is 11.7. The number of hydrogen-bond donors (Lipinski definition) is 3. The van der Waals surface area contributed by atoms with Gasteiger partial charge in [0.2, 0.25) is 0 Å². The Bertz CT molecular complexity index is 619. The number of H-pyrrole nitrogens is 1. The number of ether oxygens (including phenoxy) is 1. The van der Waals surface area contributed by atoms with E-state index in [1.54, 1.807) is 0 Å². The third-order valence-electron chi connectivity index (χ3n) is 2.74. The van der Waals surface area contributed by atoms with E-state index in [9.17, 15) is 14.7 Å². The standard InChI is InChI=1S/C10H10Cl2N2O5/c11-8(12)6-7(17)4(3-15)19-9(6)14-2-1-5(16)13-10(14)18/h1-2,4,7,9,15,17H,3H2,(H,13,16,18)/t4-,7?,9-/m0/s1. The normalized spacial score (nSPS) is 26.7. The second kappa shape index (κ2) is 5.48. The SMILES string of the molecule is O=c1ccn([C@H]2O[C@@H](CO)C(O)C2=C(Cl)Cl)c(=O)[nH]1. The van der Waals surface area contributed by atoms with Crippen LogP contribution in [-0.2, 0) is 4.74 Å². The predicted octanol–water partition coefficient (Wildman–Crippen LogP) is -0.524. The van der Waals surface area contributed by atoms with Gasteiger partial charge in [0.25, 0.3) is 5.56 Å². The van der Waals surface area contributed by atoms with Crippen LogP contribution in [0.5, 0.6) is 0 Å². The summed E-state index contributed by atoms with van der Waals surface area (Å²) in [6.07, 6.45) is -2.08. The average Bonchev–Trinajstić information content (AvgIpc) is 2.66. The van der Waals surface area contributed by atoms with Crippen LogP contribution in [0.25, 0.3) is 0 Å². The van der Waals surface area contributed by atoms with Crippen LogP contribution in [0.3, 0.4) is 0 Å². The van der Waals surface area contributed by atoms with Gasteiger partial charge >= 0.3 is 5.69 Å². The fourth-order valence-electron chi connectivity index (χ4n) is 1.84. The maximum atomic E-state index is 11.7. The van der Waals surface area contributed by atoms with Crippen molar-refractivity contribution in [2.24, 2.45) is 0 Å². The first-order valence-electron chi connectivity index (χ1n) is 5.26. The van der Waals surface area contributed by atoms with Crippen LogP contribution in [0, 0.1) is 0 Å². The van der Waals surface area contributed by atoms with Crippen molar-refractivity contribution in [3.63, 3.8) is 0 Å². The number of hydrogen-bond acceptors (Lipinski definition) is 5. The van der Waals surface area contributed by atoms with E-state index < -0.39 is 36.3 Å². The topological polar surface area (TPSA) is 105 Å². The summed E-state index contributed by atoms with van der Waals surface area (Å²) in [5.41, 5.74) is -1.26. The second-order valence-electron chi connectivity index (χ2n) is 3.89. The predicted molar refractivity (Wildman–Crippen MR) is 67.1 cm³/mol. The first kappa shape index (κ1) is 14.3. The lowest BCUT2D eigenvalue weighted by atomic mass is 10.1. The molecular weight excluding hydrogens is 299 g/mol. The minimum absolute atomic E-state index is 0.0523.